The summed E-state index contributed by atoms with van der Waals surface area (Å²) in [7, 11) is 0. The Labute approximate surface area is 262 Å². The standard InChI is InChI=1S/C34H39N5O6/c1-2-43-27-9-7-26(8-10-27)35-33(42)36-28-19-24(32(41)37-14-12-34(13-15-37)44-16-17-45-34)6-11-30(28)38-20-23-18-25(22-38)29-4-3-5-31(40)39(29)21-23/h3-11,19,23,25H,2,12-18,20-22H2,1H3,(H2,35,36,42)/t23-,25+/m1/s1. The van der Waals surface area contributed by atoms with Crippen molar-refractivity contribution in [2.45, 2.75) is 44.4 Å². The third-order valence-corrected chi connectivity index (χ3v) is 9.36. The normalized spacial score (nSPS) is 21.7. The van der Waals surface area contributed by atoms with E-state index in [0.29, 0.717) is 81.7 Å². The van der Waals surface area contributed by atoms with Gasteiger partial charge in [-0.25, -0.2) is 4.79 Å². The minimum atomic E-state index is -0.567. The van der Waals surface area contributed by atoms with Crippen molar-refractivity contribution >= 4 is 29.0 Å². The number of likely N-dealkylation sites (tertiary alicyclic amines) is 1. The molecule has 11 heteroatoms. The minimum Gasteiger partial charge on any atom is -0.494 e. The highest BCUT2D eigenvalue weighted by Crippen LogP contribution is 2.40. The molecule has 2 N–H and O–H groups in total. The van der Waals surface area contributed by atoms with Crippen molar-refractivity contribution in [2.75, 3.05) is 61.5 Å². The molecule has 2 atom stereocenters. The summed E-state index contributed by atoms with van der Waals surface area (Å²) in [6.07, 6.45) is 2.28. The van der Waals surface area contributed by atoms with Gasteiger partial charge in [0.2, 0.25) is 0 Å². The van der Waals surface area contributed by atoms with Gasteiger partial charge in [0.1, 0.15) is 5.75 Å². The number of fused-ring (bicyclic) bond motifs is 4. The van der Waals surface area contributed by atoms with Crippen LogP contribution in [-0.2, 0) is 16.0 Å². The molecule has 0 saturated carbocycles. The van der Waals surface area contributed by atoms with Crippen LogP contribution >= 0.6 is 0 Å². The maximum absolute atomic E-state index is 13.7. The Morgan fingerprint density at radius 1 is 0.956 bits per heavy atom. The Morgan fingerprint density at radius 3 is 2.49 bits per heavy atom. The van der Waals surface area contributed by atoms with E-state index in [4.69, 9.17) is 14.2 Å². The predicted octanol–water partition coefficient (Wildman–Crippen LogP) is 4.49. The molecule has 1 spiro atoms. The molecular formula is C34H39N5O6. The number of rotatable bonds is 6. The van der Waals surface area contributed by atoms with E-state index in [0.717, 1.165) is 30.1 Å². The SMILES string of the molecule is CCOc1ccc(NC(=O)Nc2cc(C(=O)N3CCC4(CC3)OCCO4)ccc2N2C[C@H]3C[C@@H](C2)c2cccc(=O)n2C3)cc1. The molecule has 4 aliphatic heterocycles. The Bertz CT molecular complexity index is 1620. The van der Waals surface area contributed by atoms with Crippen LogP contribution in [-0.4, -0.2) is 73.2 Å². The maximum Gasteiger partial charge on any atom is 0.323 e. The summed E-state index contributed by atoms with van der Waals surface area (Å²) in [6.45, 7) is 6.85. The van der Waals surface area contributed by atoms with E-state index < -0.39 is 11.8 Å². The summed E-state index contributed by atoms with van der Waals surface area (Å²) in [4.78, 5) is 43.7. The van der Waals surface area contributed by atoms with E-state index in [1.165, 1.54) is 0 Å². The number of urea groups is 1. The van der Waals surface area contributed by atoms with Crippen molar-refractivity contribution in [3.63, 3.8) is 0 Å². The molecule has 2 bridgehead atoms. The lowest BCUT2D eigenvalue weighted by molar-refractivity contribution is -0.181. The van der Waals surface area contributed by atoms with Gasteiger partial charge in [-0.1, -0.05) is 6.07 Å². The molecule has 11 nitrogen and oxygen atoms in total. The summed E-state index contributed by atoms with van der Waals surface area (Å²) in [6, 6.07) is 17.9. The monoisotopic (exact) mass is 613 g/mol. The molecule has 236 valence electrons. The number of nitrogens with zero attached hydrogens (tertiary/aromatic N) is 3. The predicted molar refractivity (Wildman–Crippen MR) is 170 cm³/mol. The maximum atomic E-state index is 13.7. The van der Waals surface area contributed by atoms with Gasteiger partial charge in [-0.05, 0) is 67.8 Å². The lowest BCUT2D eigenvalue weighted by atomic mass is 9.83. The molecule has 2 aromatic carbocycles. The molecule has 3 saturated heterocycles. The first-order chi connectivity index (χ1) is 21.9. The molecule has 3 amide bonds. The number of benzene rings is 2. The highest BCUT2D eigenvalue weighted by atomic mass is 16.7. The fourth-order valence-electron chi connectivity index (χ4n) is 7.24. The van der Waals surface area contributed by atoms with Crippen LogP contribution < -0.4 is 25.8 Å². The first-order valence-electron chi connectivity index (χ1n) is 15.9. The number of carbonyl (C=O) groups is 2. The Balaban J connectivity index is 1.14. The Morgan fingerprint density at radius 2 is 1.73 bits per heavy atom. The van der Waals surface area contributed by atoms with Gasteiger partial charge in [-0.3, -0.25) is 9.59 Å². The zero-order chi connectivity index (χ0) is 31.0. The summed E-state index contributed by atoms with van der Waals surface area (Å²) in [5.74, 6) is 0.560. The molecule has 4 aliphatic rings. The van der Waals surface area contributed by atoms with Crippen LogP contribution in [0.5, 0.6) is 5.75 Å². The van der Waals surface area contributed by atoms with Gasteiger partial charge in [0.05, 0.1) is 31.2 Å². The molecule has 5 heterocycles. The van der Waals surface area contributed by atoms with Crippen molar-refractivity contribution in [2.24, 2.45) is 5.92 Å². The molecule has 0 radical (unpaired) electrons. The third-order valence-electron chi connectivity index (χ3n) is 9.36. The number of pyridine rings is 1. The number of carbonyl (C=O) groups excluding carboxylic acids is 2. The number of hydrogen-bond acceptors (Lipinski definition) is 7. The number of piperidine rings is 2. The molecule has 7 rings (SSSR count). The zero-order valence-corrected chi connectivity index (χ0v) is 25.5. The molecular weight excluding hydrogens is 574 g/mol. The van der Waals surface area contributed by atoms with Crippen LogP contribution in [0.25, 0.3) is 0 Å². The number of amides is 3. The van der Waals surface area contributed by atoms with E-state index >= 15 is 0 Å². The van der Waals surface area contributed by atoms with Gasteiger partial charge in [0.25, 0.3) is 11.5 Å². The van der Waals surface area contributed by atoms with Crippen molar-refractivity contribution in [1.29, 1.82) is 0 Å². The topological polar surface area (TPSA) is 114 Å². The summed E-state index contributed by atoms with van der Waals surface area (Å²) in [5, 5.41) is 5.94. The van der Waals surface area contributed by atoms with Crippen molar-refractivity contribution in [1.82, 2.24) is 9.47 Å². The minimum absolute atomic E-state index is 0.0431. The van der Waals surface area contributed by atoms with Gasteiger partial charge in [-0.15, -0.1) is 0 Å². The lowest BCUT2D eigenvalue weighted by Crippen LogP contribution is -2.47. The van der Waals surface area contributed by atoms with Gasteiger partial charge in [-0.2, -0.15) is 0 Å². The fourth-order valence-corrected chi connectivity index (χ4v) is 7.24. The highest BCUT2D eigenvalue weighted by molar-refractivity contribution is 6.04. The molecule has 3 fully saturated rings. The van der Waals surface area contributed by atoms with Crippen LogP contribution in [0.1, 0.15) is 48.2 Å². The van der Waals surface area contributed by atoms with Gasteiger partial charge in [0, 0.05) is 74.5 Å². The van der Waals surface area contributed by atoms with E-state index in [2.05, 4.69) is 15.5 Å². The summed E-state index contributed by atoms with van der Waals surface area (Å²) >= 11 is 0. The number of hydrogen-bond donors (Lipinski definition) is 2. The van der Waals surface area contributed by atoms with Crippen LogP contribution in [0.15, 0.2) is 65.5 Å². The van der Waals surface area contributed by atoms with Crippen LogP contribution in [0.4, 0.5) is 21.9 Å². The Kier molecular flexibility index (Phi) is 7.97. The van der Waals surface area contributed by atoms with Gasteiger partial charge in [0.15, 0.2) is 5.79 Å². The van der Waals surface area contributed by atoms with Crippen molar-refractivity contribution in [3.8, 4) is 5.75 Å². The molecule has 0 aliphatic carbocycles. The van der Waals surface area contributed by atoms with Crippen LogP contribution in [0.3, 0.4) is 0 Å². The third kappa shape index (κ3) is 6.02. The van der Waals surface area contributed by atoms with Crippen LogP contribution in [0, 0.1) is 5.92 Å². The highest BCUT2D eigenvalue weighted by Gasteiger charge is 2.41. The second kappa shape index (κ2) is 12.2. The van der Waals surface area contributed by atoms with Crippen molar-refractivity contribution in [3.05, 3.63) is 82.3 Å². The zero-order valence-electron chi connectivity index (χ0n) is 25.5. The number of nitrogens with one attached hydrogen (secondary N) is 2. The first-order valence-corrected chi connectivity index (χ1v) is 15.9. The van der Waals surface area contributed by atoms with E-state index in [9.17, 15) is 14.4 Å². The molecule has 0 unspecified atom stereocenters. The number of anilines is 3. The average Bonchev–Trinajstić information content (AvgIpc) is 3.50. The second-order valence-electron chi connectivity index (χ2n) is 12.3. The average molecular weight is 614 g/mol. The quantitative estimate of drug-likeness (QED) is 0.421. The lowest BCUT2D eigenvalue weighted by Gasteiger charge is -2.44. The van der Waals surface area contributed by atoms with E-state index in [1.807, 2.05) is 52.8 Å². The summed E-state index contributed by atoms with van der Waals surface area (Å²) < 4.78 is 19.1. The van der Waals surface area contributed by atoms with Gasteiger partial charge >= 0.3 is 6.03 Å². The van der Waals surface area contributed by atoms with Crippen molar-refractivity contribution < 1.29 is 23.8 Å². The number of aromatic nitrogens is 1. The van der Waals surface area contributed by atoms with Crippen LogP contribution in [0.2, 0.25) is 0 Å². The smallest absolute Gasteiger partial charge is 0.323 e. The van der Waals surface area contributed by atoms with Gasteiger partial charge < -0.3 is 39.2 Å². The molecule has 1 aromatic heterocycles. The Hall–Kier alpha value is -4.35. The molecule has 3 aromatic rings. The first kappa shape index (κ1) is 29.4. The number of ether oxygens (including phenoxy) is 3. The largest absolute Gasteiger partial charge is 0.494 e. The molecule has 45 heavy (non-hydrogen) atoms. The van der Waals surface area contributed by atoms with E-state index in [-0.39, 0.29) is 17.4 Å². The fraction of sp³-hybridized carbons (Fsp3) is 0.441. The summed E-state index contributed by atoms with van der Waals surface area (Å²) in [5.41, 5.74) is 3.63. The van der Waals surface area contributed by atoms with E-state index in [1.54, 1.807) is 24.3 Å². The second-order valence-corrected chi connectivity index (χ2v) is 12.3.